The topological polar surface area (TPSA) is 127 Å². The Hall–Kier alpha value is -2.98. The van der Waals surface area contributed by atoms with Crippen LogP contribution in [0.3, 0.4) is 0 Å². The Bertz CT molecular complexity index is 1030. The molecule has 2 aromatic carbocycles. The number of sulfonamides is 1. The predicted molar refractivity (Wildman–Crippen MR) is 89.8 cm³/mol. The minimum absolute atomic E-state index is 0.0680. The van der Waals surface area contributed by atoms with E-state index in [0.717, 1.165) is 0 Å². The van der Waals surface area contributed by atoms with Crippen LogP contribution < -0.4 is 9.46 Å². The van der Waals surface area contributed by atoms with Gasteiger partial charge in [-0.1, -0.05) is 0 Å². The number of H-pyrrole nitrogens is 1. The van der Waals surface area contributed by atoms with Crippen LogP contribution in [0, 0.1) is 10.1 Å². The monoisotopic (exact) mass is 362 g/mol. The first-order chi connectivity index (χ1) is 11.9. The second-order valence-electron chi connectivity index (χ2n) is 5.14. The van der Waals surface area contributed by atoms with E-state index in [1.807, 2.05) is 0 Å². The van der Waals surface area contributed by atoms with Gasteiger partial charge in [-0.25, -0.2) is 18.1 Å². The molecular formula is C15H14N4O5S. The Morgan fingerprint density at radius 3 is 2.60 bits per heavy atom. The first-order valence-electron chi connectivity index (χ1n) is 7.16. The molecule has 9 nitrogen and oxygen atoms in total. The number of nitrogens with zero attached hydrogens (tertiary/aromatic N) is 2. The van der Waals surface area contributed by atoms with Gasteiger partial charge in [-0.2, -0.15) is 0 Å². The molecule has 0 spiro atoms. The molecule has 130 valence electrons. The summed E-state index contributed by atoms with van der Waals surface area (Å²) in [5.74, 6) is 0.908. The van der Waals surface area contributed by atoms with Gasteiger partial charge < -0.3 is 9.72 Å². The molecule has 1 aromatic heterocycles. The van der Waals surface area contributed by atoms with Gasteiger partial charge in [0.1, 0.15) is 11.6 Å². The highest BCUT2D eigenvalue weighted by Crippen LogP contribution is 2.19. The number of hydrogen-bond donors (Lipinski definition) is 2. The quantitative estimate of drug-likeness (QED) is 0.510. The maximum absolute atomic E-state index is 12.3. The number of imidazole rings is 1. The average Bonchev–Trinajstić information content (AvgIpc) is 3.02. The number of nitrogens with one attached hydrogen (secondary N) is 2. The Morgan fingerprint density at radius 2 is 1.96 bits per heavy atom. The van der Waals surface area contributed by atoms with Crippen LogP contribution in [0.5, 0.6) is 5.75 Å². The zero-order valence-corrected chi connectivity index (χ0v) is 13.9. The Labute approximate surface area is 142 Å². The Morgan fingerprint density at radius 1 is 1.24 bits per heavy atom. The normalized spacial score (nSPS) is 11.6. The molecule has 3 aromatic rings. The third kappa shape index (κ3) is 3.59. The molecular weight excluding hydrogens is 348 g/mol. The molecule has 0 amide bonds. The highest BCUT2D eigenvalue weighted by Gasteiger charge is 2.15. The molecule has 3 rings (SSSR count). The van der Waals surface area contributed by atoms with Crippen LogP contribution in [0.2, 0.25) is 0 Å². The predicted octanol–water partition coefficient (Wildman–Crippen LogP) is 1.96. The van der Waals surface area contributed by atoms with E-state index in [1.54, 1.807) is 12.1 Å². The summed E-state index contributed by atoms with van der Waals surface area (Å²) >= 11 is 0. The highest BCUT2D eigenvalue weighted by atomic mass is 32.2. The van der Waals surface area contributed by atoms with Gasteiger partial charge in [-0.15, -0.1) is 0 Å². The molecule has 0 bridgehead atoms. The van der Waals surface area contributed by atoms with Crippen molar-refractivity contribution in [1.29, 1.82) is 0 Å². The number of aromatic nitrogens is 2. The number of hydrogen-bond acceptors (Lipinski definition) is 6. The Kier molecular flexibility index (Phi) is 4.38. The van der Waals surface area contributed by atoms with Crippen molar-refractivity contribution < 1.29 is 18.1 Å². The fourth-order valence-electron chi connectivity index (χ4n) is 2.25. The lowest BCUT2D eigenvalue weighted by Crippen LogP contribution is -2.23. The molecule has 25 heavy (non-hydrogen) atoms. The molecule has 2 N–H and O–H groups in total. The molecule has 0 unspecified atom stereocenters. The smallest absolute Gasteiger partial charge is 0.271 e. The van der Waals surface area contributed by atoms with E-state index in [0.29, 0.717) is 22.6 Å². The van der Waals surface area contributed by atoms with Gasteiger partial charge in [0.05, 0.1) is 34.5 Å². The summed E-state index contributed by atoms with van der Waals surface area (Å²) in [6, 6.07) is 10.2. The van der Waals surface area contributed by atoms with E-state index >= 15 is 0 Å². The summed E-state index contributed by atoms with van der Waals surface area (Å²) in [4.78, 5) is 17.5. The largest absolute Gasteiger partial charge is 0.497 e. The maximum Gasteiger partial charge on any atom is 0.271 e. The fourth-order valence-corrected chi connectivity index (χ4v) is 3.24. The van der Waals surface area contributed by atoms with Crippen molar-refractivity contribution in [2.24, 2.45) is 0 Å². The summed E-state index contributed by atoms with van der Waals surface area (Å²) in [5, 5.41) is 10.8. The zero-order valence-electron chi connectivity index (χ0n) is 13.1. The van der Waals surface area contributed by atoms with E-state index < -0.39 is 14.9 Å². The molecule has 0 radical (unpaired) electrons. The van der Waals surface area contributed by atoms with Crippen molar-refractivity contribution in [1.82, 2.24) is 14.7 Å². The van der Waals surface area contributed by atoms with Crippen LogP contribution in [-0.4, -0.2) is 30.4 Å². The van der Waals surface area contributed by atoms with Gasteiger partial charge in [0.25, 0.3) is 5.69 Å². The number of aromatic amines is 1. The molecule has 0 aliphatic carbocycles. The minimum atomic E-state index is -3.72. The molecule has 0 saturated carbocycles. The molecule has 0 aliphatic rings. The van der Waals surface area contributed by atoms with Gasteiger partial charge in [0, 0.05) is 12.1 Å². The van der Waals surface area contributed by atoms with Gasteiger partial charge >= 0.3 is 0 Å². The van der Waals surface area contributed by atoms with Crippen molar-refractivity contribution in [2.75, 3.05) is 7.11 Å². The first kappa shape index (κ1) is 16.9. The fraction of sp³-hybridized carbons (Fsp3) is 0.133. The molecule has 0 fully saturated rings. The summed E-state index contributed by atoms with van der Waals surface area (Å²) in [5.41, 5.74) is 0.915. The van der Waals surface area contributed by atoms with Crippen LogP contribution >= 0.6 is 0 Å². The number of ether oxygens (including phenoxy) is 1. The van der Waals surface area contributed by atoms with Crippen molar-refractivity contribution >= 4 is 26.7 Å². The molecule has 10 heteroatoms. The molecule has 0 atom stereocenters. The van der Waals surface area contributed by atoms with E-state index in [-0.39, 0.29) is 17.1 Å². The van der Waals surface area contributed by atoms with Crippen LogP contribution in [0.4, 0.5) is 5.69 Å². The maximum atomic E-state index is 12.3. The van der Waals surface area contributed by atoms with Crippen molar-refractivity contribution in [3.63, 3.8) is 0 Å². The third-order valence-electron chi connectivity index (χ3n) is 3.52. The molecule has 0 saturated heterocycles. The number of non-ortho nitro benzene ring substituents is 1. The number of benzene rings is 2. The first-order valence-corrected chi connectivity index (χ1v) is 8.64. The van der Waals surface area contributed by atoms with Crippen molar-refractivity contribution in [2.45, 2.75) is 11.4 Å². The van der Waals surface area contributed by atoms with E-state index in [2.05, 4.69) is 14.7 Å². The number of nitro groups is 1. The highest BCUT2D eigenvalue weighted by molar-refractivity contribution is 7.89. The van der Waals surface area contributed by atoms with Gasteiger partial charge in [-0.05, 0) is 30.3 Å². The molecule has 1 heterocycles. The summed E-state index contributed by atoms with van der Waals surface area (Å²) in [7, 11) is -2.22. The van der Waals surface area contributed by atoms with Crippen LogP contribution in [-0.2, 0) is 16.6 Å². The lowest BCUT2D eigenvalue weighted by molar-refractivity contribution is -0.384. The number of rotatable bonds is 6. The standard InChI is InChI=1S/C15H14N4O5S/c1-24-11-3-5-12(6-4-11)25(22,23)16-9-15-17-13-7-2-10(19(20)21)8-14(13)18-15/h2-8,16H,9H2,1H3,(H,17,18). The van der Waals surface area contributed by atoms with Crippen LogP contribution in [0.15, 0.2) is 47.4 Å². The van der Waals surface area contributed by atoms with Crippen molar-refractivity contribution in [3.05, 3.63) is 58.4 Å². The number of fused-ring (bicyclic) bond motifs is 1. The third-order valence-corrected chi connectivity index (χ3v) is 4.94. The van der Waals surface area contributed by atoms with Crippen LogP contribution in [0.25, 0.3) is 11.0 Å². The summed E-state index contributed by atoms with van der Waals surface area (Å²) in [6.45, 7) is -0.0726. The van der Waals surface area contributed by atoms with Gasteiger partial charge in [0.15, 0.2) is 0 Å². The van der Waals surface area contributed by atoms with E-state index in [1.165, 1.54) is 37.4 Å². The summed E-state index contributed by atoms with van der Waals surface area (Å²) < 4.78 is 32.0. The average molecular weight is 362 g/mol. The SMILES string of the molecule is COc1ccc(S(=O)(=O)NCc2nc3ccc([N+](=O)[O-])cc3[nH]2)cc1. The molecule has 0 aliphatic heterocycles. The lowest BCUT2D eigenvalue weighted by Gasteiger charge is -2.06. The van der Waals surface area contributed by atoms with Gasteiger partial charge in [0.2, 0.25) is 10.0 Å². The van der Waals surface area contributed by atoms with Gasteiger partial charge in [-0.3, -0.25) is 10.1 Å². The summed E-state index contributed by atoms with van der Waals surface area (Å²) in [6.07, 6.45) is 0. The second-order valence-corrected chi connectivity index (χ2v) is 6.91. The zero-order chi connectivity index (χ0) is 18.0. The minimum Gasteiger partial charge on any atom is -0.497 e. The lowest BCUT2D eigenvalue weighted by atomic mass is 10.3. The Balaban J connectivity index is 1.77. The van der Waals surface area contributed by atoms with E-state index in [9.17, 15) is 18.5 Å². The number of methoxy groups -OCH3 is 1. The number of nitro benzene ring substituents is 1. The van der Waals surface area contributed by atoms with Crippen molar-refractivity contribution in [3.8, 4) is 5.75 Å². The van der Waals surface area contributed by atoms with E-state index in [4.69, 9.17) is 4.74 Å². The van der Waals surface area contributed by atoms with Crippen LogP contribution in [0.1, 0.15) is 5.82 Å². The second kappa shape index (κ2) is 6.49.